The molecule has 1 aliphatic heterocycles. The van der Waals surface area contributed by atoms with Crippen molar-refractivity contribution in [2.24, 2.45) is 0 Å². The Kier molecular flexibility index (Phi) is 5.32. The van der Waals surface area contributed by atoms with E-state index in [-0.39, 0.29) is 5.91 Å². The van der Waals surface area contributed by atoms with Gasteiger partial charge in [-0.25, -0.2) is 0 Å². The molecule has 17 heavy (non-hydrogen) atoms. The molecule has 1 amide bonds. The standard InChI is InChI=1S/C13H26N2OS/c1-10(9-17-13(2,3)4)14-11-6-7-12(16)15(5)8-11/h10-11,14H,6-9H2,1-5H3/t10-,11-/m0/s1. The molecule has 100 valence electrons. The number of thioether (sulfide) groups is 1. The molecule has 0 aliphatic carbocycles. The number of nitrogens with zero attached hydrogens (tertiary/aromatic N) is 1. The van der Waals surface area contributed by atoms with Crippen LogP contribution in [0.2, 0.25) is 0 Å². The maximum absolute atomic E-state index is 11.4. The summed E-state index contributed by atoms with van der Waals surface area (Å²) in [5.41, 5.74) is 0. The number of amides is 1. The SMILES string of the molecule is C[C@@H](CSC(C)(C)C)N[C@H]1CCC(=O)N(C)C1. The van der Waals surface area contributed by atoms with E-state index in [4.69, 9.17) is 0 Å². The van der Waals surface area contributed by atoms with Gasteiger partial charge in [-0.15, -0.1) is 0 Å². The van der Waals surface area contributed by atoms with Crippen LogP contribution in [0.5, 0.6) is 0 Å². The normalized spacial score (nSPS) is 23.9. The molecule has 1 N–H and O–H groups in total. The predicted octanol–water partition coefficient (Wildman–Crippen LogP) is 2.12. The molecule has 0 aromatic carbocycles. The summed E-state index contributed by atoms with van der Waals surface area (Å²) in [7, 11) is 1.89. The highest BCUT2D eigenvalue weighted by molar-refractivity contribution is 8.00. The Morgan fingerprint density at radius 3 is 2.71 bits per heavy atom. The van der Waals surface area contributed by atoms with E-state index in [9.17, 15) is 4.79 Å². The largest absolute Gasteiger partial charge is 0.344 e. The first-order chi connectivity index (χ1) is 7.78. The van der Waals surface area contributed by atoms with E-state index in [1.54, 1.807) is 0 Å². The molecule has 0 bridgehead atoms. The Morgan fingerprint density at radius 2 is 2.18 bits per heavy atom. The molecule has 1 aliphatic rings. The molecule has 0 aromatic rings. The van der Waals surface area contributed by atoms with Crippen LogP contribution < -0.4 is 5.32 Å². The van der Waals surface area contributed by atoms with E-state index in [1.807, 2.05) is 23.7 Å². The average molecular weight is 258 g/mol. The maximum atomic E-state index is 11.4. The summed E-state index contributed by atoms with van der Waals surface area (Å²) in [6.45, 7) is 9.82. The van der Waals surface area contributed by atoms with Crippen molar-refractivity contribution >= 4 is 17.7 Å². The van der Waals surface area contributed by atoms with Crippen LogP contribution in [0.3, 0.4) is 0 Å². The van der Waals surface area contributed by atoms with Crippen molar-refractivity contribution in [2.45, 2.75) is 57.4 Å². The van der Waals surface area contributed by atoms with Gasteiger partial charge in [-0.2, -0.15) is 11.8 Å². The van der Waals surface area contributed by atoms with Crippen LogP contribution in [-0.2, 0) is 4.79 Å². The molecule has 1 fully saturated rings. The van der Waals surface area contributed by atoms with E-state index >= 15 is 0 Å². The number of carbonyl (C=O) groups is 1. The van der Waals surface area contributed by atoms with Crippen molar-refractivity contribution in [2.75, 3.05) is 19.3 Å². The summed E-state index contributed by atoms with van der Waals surface area (Å²) in [6, 6.07) is 0.971. The Balaban J connectivity index is 2.27. The summed E-state index contributed by atoms with van der Waals surface area (Å²) in [5.74, 6) is 1.40. The molecule has 0 unspecified atom stereocenters. The molecule has 0 spiro atoms. The number of carbonyl (C=O) groups excluding carboxylic acids is 1. The van der Waals surface area contributed by atoms with Gasteiger partial charge in [-0.05, 0) is 13.3 Å². The third-order valence-electron chi connectivity index (χ3n) is 2.91. The summed E-state index contributed by atoms with van der Waals surface area (Å²) in [4.78, 5) is 13.2. The minimum atomic E-state index is 0.278. The summed E-state index contributed by atoms with van der Waals surface area (Å²) < 4.78 is 0.329. The molecule has 0 aromatic heterocycles. The molecule has 1 rings (SSSR count). The second kappa shape index (κ2) is 6.10. The zero-order valence-electron chi connectivity index (χ0n) is 11.7. The van der Waals surface area contributed by atoms with Gasteiger partial charge in [-0.3, -0.25) is 4.79 Å². The number of likely N-dealkylation sites (N-methyl/N-ethyl adjacent to an activating group) is 1. The Morgan fingerprint density at radius 1 is 1.53 bits per heavy atom. The molecule has 4 heteroatoms. The lowest BCUT2D eigenvalue weighted by Crippen LogP contribution is -2.49. The first-order valence-corrected chi connectivity index (χ1v) is 7.40. The predicted molar refractivity (Wildman–Crippen MR) is 75.5 cm³/mol. The fraction of sp³-hybridized carbons (Fsp3) is 0.923. The van der Waals surface area contributed by atoms with E-state index in [0.29, 0.717) is 23.3 Å². The highest BCUT2D eigenvalue weighted by Gasteiger charge is 2.24. The van der Waals surface area contributed by atoms with Crippen LogP contribution in [0.1, 0.15) is 40.5 Å². The molecule has 1 saturated heterocycles. The lowest BCUT2D eigenvalue weighted by Gasteiger charge is -2.32. The van der Waals surface area contributed by atoms with Crippen LogP contribution >= 0.6 is 11.8 Å². The van der Waals surface area contributed by atoms with Crippen molar-refractivity contribution in [3.63, 3.8) is 0 Å². The number of likely N-dealkylation sites (tertiary alicyclic amines) is 1. The fourth-order valence-electron chi connectivity index (χ4n) is 1.97. The number of piperidine rings is 1. The lowest BCUT2D eigenvalue weighted by atomic mass is 10.1. The van der Waals surface area contributed by atoms with Crippen LogP contribution in [0.15, 0.2) is 0 Å². The fourth-order valence-corrected chi connectivity index (χ4v) is 2.82. The highest BCUT2D eigenvalue weighted by Crippen LogP contribution is 2.24. The second-order valence-electron chi connectivity index (χ2n) is 6.00. The zero-order chi connectivity index (χ0) is 13.1. The molecule has 0 saturated carbocycles. The number of hydrogen-bond donors (Lipinski definition) is 1. The van der Waals surface area contributed by atoms with Gasteiger partial charge < -0.3 is 10.2 Å². The van der Waals surface area contributed by atoms with Gasteiger partial charge in [0.1, 0.15) is 0 Å². The number of rotatable bonds is 4. The smallest absolute Gasteiger partial charge is 0.222 e. The first-order valence-electron chi connectivity index (χ1n) is 6.42. The summed E-state index contributed by atoms with van der Waals surface area (Å²) in [5, 5.41) is 3.63. The molecule has 0 radical (unpaired) electrons. The van der Waals surface area contributed by atoms with Gasteiger partial charge in [0.05, 0.1) is 0 Å². The molecule has 1 heterocycles. The molecular formula is C13H26N2OS. The van der Waals surface area contributed by atoms with Gasteiger partial charge in [0.25, 0.3) is 0 Å². The lowest BCUT2D eigenvalue weighted by molar-refractivity contribution is -0.132. The summed E-state index contributed by atoms with van der Waals surface area (Å²) >= 11 is 1.99. The third kappa shape index (κ3) is 5.77. The van der Waals surface area contributed by atoms with Gasteiger partial charge in [0.2, 0.25) is 5.91 Å². The van der Waals surface area contributed by atoms with Gasteiger partial charge in [0, 0.05) is 42.6 Å². The topological polar surface area (TPSA) is 32.3 Å². The second-order valence-corrected chi connectivity index (χ2v) is 7.85. The van der Waals surface area contributed by atoms with Crippen molar-refractivity contribution in [3.8, 4) is 0 Å². The molecular weight excluding hydrogens is 232 g/mol. The minimum absolute atomic E-state index is 0.278. The monoisotopic (exact) mass is 258 g/mol. The average Bonchev–Trinajstić information content (AvgIpc) is 2.20. The van der Waals surface area contributed by atoms with Crippen LogP contribution in [-0.4, -0.2) is 47.0 Å². The van der Waals surface area contributed by atoms with Crippen LogP contribution in [0, 0.1) is 0 Å². The Labute approximate surface area is 110 Å². The van der Waals surface area contributed by atoms with Crippen molar-refractivity contribution < 1.29 is 4.79 Å². The van der Waals surface area contributed by atoms with Gasteiger partial charge >= 0.3 is 0 Å². The van der Waals surface area contributed by atoms with Crippen molar-refractivity contribution in [1.82, 2.24) is 10.2 Å². The highest BCUT2D eigenvalue weighted by atomic mass is 32.2. The van der Waals surface area contributed by atoms with Gasteiger partial charge in [0.15, 0.2) is 0 Å². The van der Waals surface area contributed by atoms with E-state index < -0.39 is 0 Å². The van der Waals surface area contributed by atoms with E-state index in [1.165, 1.54) is 0 Å². The minimum Gasteiger partial charge on any atom is -0.344 e. The Bertz CT molecular complexity index is 263. The molecule has 2 atom stereocenters. The number of hydrogen-bond acceptors (Lipinski definition) is 3. The van der Waals surface area contributed by atoms with Gasteiger partial charge in [-0.1, -0.05) is 20.8 Å². The quantitative estimate of drug-likeness (QED) is 0.838. The van der Waals surface area contributed by atoms with Crippen molar-refractivity contribution in [3.05, 3.63) is 0 Å². The van der Waals surface area contributed by atoms with Crippen molar-refractivity contribution in [1.29, 1.82) is 0 Å². The first kappa shape index (κ1) is 14.8. The van der Waals surface area contributed by atoms with Crippen LogP contribution in [0.25, 0.3) is 0 Å². The number of nitrogens with one attached hydrogen (secondary N) is 1. The zero-order valence-corrected chi connectivity index (χ0v) is 12.6. The maximum Gasteiger partial charge on any atom is 0.222 e. The summed E-state index contributed by atoms with van der Waals surface area (Å²) in [6.07, 6.45) is 1.67. The molecule has 3 nitrogen and oxygen atoms in total. The Hall–Kier alpha value is -0.220. The third-order valence-corrected chi connectivity index (χ3v) is 4.45. The van der Waals surface area contributed by atoms with Crippen LogP contribution in [0.4, 0.5) is 0 Å². The van der Waals surface area contributed by atoms with E-state index in [0.717, 1.165) is 18.7 Å². The van der Waals surface area contributed by atoms with E-state index in [2.05, 4.69) is 33.0 Å².